The van der Waals surface area contributed by atoms with Crippen molar-refractivity contribution >= 4 is 26.0 Å². The highest BCUT2D eigenvalue weighted by molar-refractivity contribution is 7.89. The Bertz CT molecular complexity index is 1120. The van der Waals surface area contributed by atoms with E-state index >= 15 is 0 Å². The number of benzene rings is 2. The Labute approximate surface area is 190 Å². The van der Waals surface area contributed by atoms with Crippen molar-refractivity contribution in [2.75, 3.05) is 19.6 Å². The van der Waals surface area contributed by atoms with Crippen molar-refractivity contribution in [1.82, 2.24) is 13.9 Å². The highest BCUT2D eigenvalue weighted by Crippen LogP contribution is 2.25. The summed E-state index contributed by atoms with van der Waals surface area (Å²) in [6.45, 7) is 3.41. The van der Waals surface area contributed by atoms with Crippen LogP contribution in [0.15, 0.2) is 70.5 Å². The van der Waals surface area contributed by atoms with Gasteiger partial charge in [0.1, 0.15) is 6.04 Å². The summed E-state index contributed by atoms with van der Waals surface area (Å²) in [5.41, 5.74) is 0. The highest BCUT2D eigenvalue weighted by atomic mass is 32.2. The monoisotopic (exact) mass is 479 g/mol. The summed E-state index contributed by atoms with van der Waals surface area (Å²) < 4.78 is 55.2. The van der Waals surface area contributed by atoms with E-state index in [1.807, 2.05) is 13.8 Å². The molecule has 0 radical (unpaired) electrons. The fourth-order valence-electron chi connectivity index (χ4n) is 3.77. The van der Waals surface area contributed by atoms with Crippen molar-refractivity contribution in [3.05, 3.63) is 60.7 Å². The molecule has 174 valence electrons. The third kappa shape index (κ3) is 5.20. The normalized spacial score (nSPS) is 19.4. The second kappa shape index (κ2) is 10.1. The van der Waals surface area contributed by atoms with Gasteiger partial charge >= 0.3 is 0 Å². The van der Waals surface area contributed by atoms with E-state index in [1.165, 1.54) is 28.6 Å². The van der Waals surface area contributed by atoms with Gasteiger partial charge in [-0.25, -0.2) is 16.8 Å². The largest absolute Gasteiger partial charge is 0.352 e. The summed E-state index contributed by atoms with van der Waals surface area (Å²) >= 11 is 0. The number of carbonyl (C=O) groups excluding carboxylic acids is 1. The molecule has 1 N–H and O–H groups in total. The number of carbonyl (C=O) groups is 1. The molecule has 1 aliphatic rings. The van der Waals surface area contributed by atoms with E-state index in [-0.39, 0.29) is 35.5 Å². The molecule has 0 spiro atoms. The van der Waals surface area contributed by atoms with Gasteiger partial charge < -0.3 is 5.32 Å². The minimum atomic E-state index is -3.99. The summed E-state index contributed by atoms with van der Waals surface area (Å²) in [5, 5.41) is 2.85. The molecule has 2 aromatic carbocycles. The molecule has 1 fully saturated rings. The molecule has 0 bridgehead atoms. The van der Waals surface area contributed by atoms with Crippen molar-refractivity contribution in [3.63, 3.8) is 0 Å². The lowest BCUT2D eigenvalue weighted by Crippen LogP contribution is -2.61. The summed E-state index contributed by atoms with van der Waals surface area (Å²) in [5.74, 6) is -0.501. The first-order valence-electron chi connectivity index (χ1n) is 10.6. The smallest absolute Gasteiger partial charge is 0.243 e. The van der Waals surface area contributed by atoms with Crippen LogP contribution in [0.25, 0.3) is 0 Å². The van der Waals surface area contributed by atoms with Crippen LogP contribution in [0.3, 0.4) is 0 Å². The Hall–Kier alpha value is -2.27. The van der Waals surface area contributed by atoms with Gasteiger partial charge in [0, 0.05) is 25.7 Å². The van der Waals surface area contributed by atoms with Crippen molar-refractivity contribution in [2.24, 2.45) is 0 Å². The molecule has 1 aliphatic heterocycles. The zero-order chi connectivity index (χ0) is 23.4. The zero-order valence-corrected chi connectivity index (χ0v) is 19.8. The average molecular weight is 480 g/mol. The van der Waals surface area contributed by atoms with Crippen molar-refractivity contribution in [2.45, 2.75) is 48.6 Å². The number of piperazine rings is 1. The predicted octanol–water partition coefficient (Wildman–Crippen LogP) is 2.06. The zero-order valence-electron chi connectivity index (χ0n) is 18.2. The van der Waals surface area contributed by atoms with E-state index in [0.717, 1.165) is 17.1 Å². The van der Waals surface area contributed by atoms with Crippen LogP contribution in [0, 0.1) is 0 Å². The summed E-state index contributed by atoms with van der Waals surface area (Å²) in [6.07, 6.45) is 1.59. The first-order valence-corrected chi connectivity index (χ1v) is 13.5. The van der Waals surface area contributed by atoms with E-state index in [1.54, 1.807) is 36.4 Å². The van der Waals surface area contributed by atoms with Crippen LogP contribution in [0.1, 0.15) is 26.7 Å². The fourth-order valence-corrected chi connectivity index (χ4v) is 6.82. The second-order valence-corrected chi connectivity index (χ2v) is 11.6. The second-order valence-electron chi connectivity index (χ2n) is 7.82. The number of sulfonamides is 2. The van der Waals surface area contributed by atoms with Crippen LogP contribution >= 0.6 is 0 Å². The number of nitrogens with one attached hydrogen (secondary N) is 1. The fraction of sp³-hybridized carbons (Fsp3) is 0.409. The average Bonchev–Trinajstić information content (AvgIpc) is 2.80. The summed E-state index contributed by atoms with van der Waals surface area (Å²) in [7, 11) is -7.86. The summed E-state index contributed by atoms with van der Waals surface area (Å²) in [4.78, 5) is 13.3. The van der Waals surface area contributed by atoms with Gasteiger partial charge in [0.15, 0.2) is 0 Å². The van der Waals surface area contributed by atoms with Gasteiger partial charge in [-0.15, -0.1) is 0 Å². The Morgan fingerprint density at radius 3 is 2.00 bits per heavy atom. The van der Waals surface area contributed by atoms with Gasteiger partial charge in [-0.3, -0.25) is 4.79 Å². The Balaban J connectivity index is 1.94. The first-order chi connectivity index (χ1) is 15.2. The van der Waals surface area contributed by atoms with Crippen LogP contribution < -0.4 is 5.32 Å². The molecule has 3 rings (SSSR count). The van der Waals surface area contributed by atoms with E-state index in [4.69, 9.17) is 0 Å². The molecular formula is C22H29N3O5S2. The Morgan fingerprint density at radius 2 is 1.47 bits per heavy atom. The van der Waals surface area contributed by atoms with Gasteiger partial charge in [-0.2, -0.15) is 8.61 Å². The molecule has 10 heteroatoms. The molecule has 1 amide bonds. The Morgan fingerprint density at radius 1 is 0.938 bits per heavy atom. The number of nitrogens with zero attached hydrogens (tertiary/aromatic N) is 2. The molecule has 2 unspecified atom stereocenters. The van der Waals surface area contributed by atoms with Crippen LogP contribution in [0.2, 0.25) is 0 Å². The molecule has 0 aliphatic carbocycles. The lowest BCUT2D eigenvalue weighted by atomic mass is 10.1. The third-order valence-electron chi connectivity index (χ3n) is 5.44. The highest BCUT2D eigenvalue weighted by Gasteiger charge is 2.43. The van der Waals surface area contributed by atoms with Gasteiger partial charge in [0.25, 0.3) is 0 Å². The number of amides is 1. The molecule has 8 nitrogen and oxygen atoms in total. The van der Waals surface area contributed by atoms with Gasteiger partial charge in [-0.05, 0) is 37.6 Å². The lowest BCUT2D eigenvalue weighted by Gasteiger charge is -2.39. The van der Waals surface area contributed by atoms with Gasteiger partial charge in [-0.1, -0.05) is 49.7 Å². The molecule has 2 atom stereocenters. The maximum atomic E-state index is 13.3. The van der Waals surface area contributed by atoms with Crippen LogP contribution in [-0.2, 0) is 24.8 Å². The Kier molecular flexibility index (Phi) is 7.71. The molecule has 1 heterocycles. The minimum Gasteiger partial charge on any atom is -0.352 e. The number of hydrogen-bond donors (Lipinski definition) is 1. The number of hydrogen-bond acceptors (Lipinski definition) is 5. The topological polar surface area (TPSA) is 104 Å². The summed E-state index contributed by atoms with van der Waals surface area (Å²) in [6, 6.07) is 14.5. The molecule has 2 aromatic rings. The van der Waals surface area contributed by atoms with Gasteiger partial charge in [0.2, 0.25) is 26.0 Å². The maximum absolute atomic E-state index is 13.3. The van der Waals surface area contributed by atoms with Crippen molar-refractivity contribution in [1.29, 1.82) is 0 Å². The molecule has 32 heavy (non-hydrogen) atoms. The van der Waals surface area contributed by atoms with Crippen molar-refractivity contribution in [3.8, 4) is 0 Å². The molecular weight excluding hydrogens is 450 g/mol. The van der Waals surface area contributed by atoms with Crippen LogP contribution in [0.5, 0.6) is 0 Å². The predicted molar refractivity (Wildman–Crippen MR) is 122 cm³/mol. The minimum absolute atomic E-state index is 0.0441. The van der Waals surface area contributed by atoms with E-state index in [9.17, 15) is 21.6 Å². The SMILES string of the molecule is CCCC(C)NC(=O)C1CN(S(=O)(=O)c2ccccc2)CCN1S(=O)(=O)c1ccccc1. The quantitative estimate of drug-likeness (QED) is 0.624. The standard InChI is InChI=1S/C22H29N3O5S2/c1-3-10-18(2)23-22(26)21-17-24(31(27,28)19-11-6-4-7-12-19)15-16-25(21)32(29,30)20-13-8-5-9-14-20/h4-9,11-14,18,21H,3,10,15-17H2,1-2H3,(H,23,26). The van der Waals surface area contributed by atoms with E-state index in [0.29, 0.717) is 0 Å². The lowest BCUT2D eigenvalue weighted by molar-refractivity contribution is -0.126. The van der Waals surface area contributed by atoms with E-state index < -0.39 is 32.0 Å². The molecule has 1 saturated heterocycles. The van der Waals surface area contributed by atoms with Crippen LogP contribution in [0.4, 0.5) is 0 Å². The number of rotatable bonds is 8. The third-order valence-corrected chi connectivity index (χ3v) is 9.24. The van der Waals surface area contributed by atoms with Crippen molar-refractivity contribution < 1.29 is 21.6 Å². The molecule has 0 aromatic heterocycles. The van der Waals surface area contributed by atoms with E-state index in [2.05, 4.69) is 5.32 Å². The maximum Gasteiger partial charge on any atom is 0.243 e. The first kappa shape index (κ1) is 24.4. The molecule has 0 saturated carbocycles. The van der Waals surface area contributed by atoms with Crippen LogP contribution in [-0.4, -0.2) is 63.1 Å². The van der Waals surface area contributed by atoms with Gasteiger partial charge in [0.05, 0.1) is 9.79 Å².